The summed E-state index contributed by atoms with van der Waals surface area (Å²) in [5.74, 6) is 0. The van der Waals surface area contributed by atoms with E-state index < -0.39 is 18.0 Å². The summed E-state index contributed by atoms with van der Waals surface area (Å²) in [6.07, 6.45) is 8.93. The Bertz CT molecular complexity index is 3060. The van der Waals surface area contributed by atoms with Crippen LogP contribution < -0.4 is 9.96 Å². The van der Waals surface area contributed by atoms with Crippen molar-refractivity contribution in [2.24, 2.45) is 0 Å². The van der Waals surface area contributed by atoms with Crippen LogP contribution in [0.5, 0.6) is 0 Å². The third kappa shape index (κ3) is 6.61. The number of rotatable bonds is 6. The van der Waals surface area contributed by atoms with Crippen molar-refractivity contribution in [2.45, 2.75) is 65.2 Å². The molecule has 0 radical (unpaired) electrons. The predicted octanol–water partition coefficient (Wildman–Crippen LogP) is 14.6. The van der Waals surface area contributed by atoms with E-state index in [1.165, 1.54) is 90.5 Å². The predicted molar refractivity (Wildman–Crippen MR) is 273 cm³/mol. The molecule has 0 aromatic heterocycles. The quantitative estimate of drug-likeness (QED) is 0.146. The third-order valence-corrected chi connectivity index (χ3v) is 37.9. The van der Waals surface area contributed by atoms with E-state index >= 15 is 0 Å². The normalized spacial score (nSPS) is 13.6. The summed E-state index contributed by atoms with van der Waals surface area (Å²) in [5.41, 5.74) is 13.4. The molecule has 0 bridgehead atoms. The molecule has 8 aromatic carbocycles. The number of allylic oxidation sites excluding steroid dienone is 4. The van der Waals surface area contributed by atoms with Crippen LogP contribution >= 0.6 is 24.8 Å². The first-order valence-electron chi connectivity index (χ1n) is 21.7. The molecule has 0 spiro atoms. The number of benzene rings is 8. The summed E-state index contributed by atoms with van der Waals surface area (Å²) in [5, 5.41) is 5.17. The average Bonchev–Trinajstić information content (AvgIpc) is 3.94. The van der Waals surface area contributed by atoms with Crippen molar-refractivity contribution in [1.29, 1.82) is 0 Å². The second-order valence-electron chi connectivity index (χ2n) is 19.5. The molecule has 62 heavy (non-hydrogen) atoms. The molecule has 8 aromatic rings. The number of hydrogen-bond acceptors (Lipinski definition) is 0. The fourth-order valence-electron chi connectivity index (χ4n) is 11.2. The van der Waals surface area contributed by atoms with Crippen LogP contribution in [0.25, 0.3) is 54.9 Å². The number of fused-ring (bicyclic) bond motifs is 5. The molecule has 2 aliphatic carbocycles. The molecule has 0 unspecified atom stereocenters. The maximum absolute atomic E-state index is 6.18. The molecule has 10 rings (SSSR count). The molecule has 3 heteroatoms. The standard InChI is InChI=1S/C33H33.2C10H7.C5H5.CH2.2ClH.Hf/c1-32(2,3)30-20-26-24(18-28(30)22-13-9-7-10-14-22)17-25-19-29(23-15-11-8-12-16-23)31(21-27(25)26)33(4,5)6;2*1-2-6-10-8-4-3-7-9(10)5-1;1-2-4-5-3-1;;;;/h7-16,18,20-21H,17H2,1-6H3;2*1-7H;1-3H,4H2;1H2;2*1H;. The molecule has 0 aliphatic heterocycles. The zero-order valence-corrected chi connectivity index (χ0v) is 42.0. The first-order chi connectivity index (χ1) is 28.9. The van der Waals surface area contributed by atoms with Crippen LogP contribution in [0, 0.1) is 0 Å². The Hall–Kier alpha value is -4.92. The zero-order chi connectivity index (χ0) is 41.5. The average molecular weight is 1010 g/mol. The van der Waals surface area contributed by atoms with Crippen molar-refractivity contribution < 1.29 is 18.0 Å². The van der Waals surface area contributed by atoms with Gasteiger partial charge in [0.1, 0.15) is 0 Å². The van der Waals surface area contributed by atoms with Crippen LogP contribution in [-0.4, -0.2) is 4.26 Å². The molecule has 0 saturated heterocycles. The number of halogens is 2. The second-order valence-corrected chi connectivity index (χ2v) is 37.9. The van der Waals surface area contributed by atoms with Crippen LogP contribution in [0.4, 0.5) is 0 Å². The summed E-state index contributed by atoms with van der Waals surface area (Å²) in [7, 11) is 0. The monoisotopic (exact) mass is 1010 g/mol. The van der Waals surface area contributed by atoms with Crippen LogP contribution in [0.15, 0.2) is 185 Å². The molecule has 2 aliphatic rings. The van der Waals surface area contributed by atoms with Crippen LogP contribution in [-0.2, 0) is 35.3 Å². The SMILES string of the molecule is Cl.Cl.[CH2]=[Hf]([C]1=CC=CC1)([c]1c2c(cc(C(C)(C)C)c1-c1ccccc1)-c1cc(C(C)(C)C)c(-c3ccccc3)cc1C2)([c]1cccc2ccccc12)[c]1cccc2ccccc12. The van der Waals surface area contributed by atoms with Gasteiger partial charge < -0.3 is 0 Å². The molecular weight excluding hydrogens is 958 g/mol. The van der Waals surface area contributed by atoms with E-state index in [1.54, 1.807) is 0 Å². The van der Waals surface area contributed by atoms with E-state index in [1.807, 2.05) is 0 Å². The zero-order valence-electron chi connectivity index (χ0n) is 36.8. The van der Waals surface area contributed by atoms with Crippen molar-refractivity contribution in [3.63, 3.8) is 0 Å². The van der Waals surface area contributed by atoms with Gasteiger partial charge in [-0.1, -0.05) is 0 Å². The summed E-state index contributed by atoms with van der Waals surface area (Å²) in [6, 6.07) is 62.6. The van der Waals surface area contributed by atoms with Gasteiger partial charge in [0, 0.05) is 0 Å². The van der Waals surface area contributed by atoms with Gasteiger partial charge in [0.2, 0.25) is 0 Å². The van der Waals surface area contributed by atoms with Crippen molar-refractivity contribution in [1.82, 2.24) is 0 Å². The Morgan fingerprint density at radius 3 is 1.53 bits per heavy atom. The maximum atomic E-state index is 6.18. The van der Waals surface area contributed by atoms with Gasteiger partial charge in [0.05, 0.1) is 0 Å². The van der Waals surface area contributed by atoms with Gasteiger partial charge in [-0.2, -0.15) is 0 Å². The molecule has 0 saturated carbocycles. The van der Waals surface area contributed by atoms with E-state index in [9.17, 15) is 0 Å². The summed E-state index contributed by atoms with van der Waals surface area (Å²) in [4.78, 5) is 0. The Kier molecular flexibility index (Phi) is 11.3. The van der Waals surface area contributed by atoms with Crippen LogP contribution in [0.2, 0.25) is 0 Å². The molecule has 310 valence electrons. The topological polar surface area (TPSA) is 0 Å². The molecule has 0 N–H and O–H groups in total. The van der Waals surface area contributed by atoms with Crippen molar-refractivity contribution >= 4 is 60.6 Å². The molecule has 0 atom stereocenters. The molecular formula is C59H56Cl2Hf. The Labute approximate surface area is 381 Å². The minimum absolute atomic E-state index is 0. The van der Waals surface area contributed by atoms with Gasteiger partial charge in [0.25, 0.3) is 0 Å². The van der Waals surface area contributed by atoms with E-state index in [4.69, 9.17) is 4.26 Å². The second kappa shape index (κ2) is 16.0. The van der Waals surface area contributed by atoms with E-state index in [-0.39, 0.29) is 35.6 Å². The van der Waals surface area contributed by atoms with Crippen molar-refractivity contribution in [2.75, 3.05) is 0 Å². The van der Waals surface area contributed by atoms with E-state index in [0.717, 1.165) is 12.8 Å². The van der Waals surface area contributed by atoms with E-state index in [0.29, 0.717) is 0 Å². The van der Waals surface area contributed by atoms with E-state index in [2.05, 4.69) is 224 Å². The van der Waals surface area contributed by atoms with Gasteiger partial charge in [-0.15, -0.1) is 24.8 Å². The summed E-state index contributed by atoms with van der Waals surface area (Å²) < 4.78 is 12.0. The van der Waals surface area contributed by atoms with Gasteiger partial charge in [-0.3, -0.25) is 0 Å². The minimum atomic E-state index is -5.71. The van der Waals surface area contributed by atoms with Crippen LogP contribution in [0.3, 0.4) is 0 Å². The van der Waals surface area contributed by atoms with Gasteiger partial charge in [-0.05, 0) is 0 Å². The molecule has 0 nitrogen and oxygen atoms in total. The molecule has 0 heterocycles. The Balaban J connectivity index is 0.00000264. The van der Waals surface area contributed by atoms with Gasteiger partial charge in [-0.25, -0.2) is 0 Å². The van der Waals surface area contributed by atoms with Crippen molar-refractivity contribution in [3.8, 4) is 33.4 Å². The van der Waals surface area contributed by atoms with Gasteiger partial charge >= 0.3 is 360 Å². The Morgan fingerprint density at radius 1 is 0.500 bits per heavy atom. The third-order valence-electron chi connectivity index (χ3n) is 13.9. The van der Waals surface area contributed by atoms with Crippen LogP contribution in [0.1, 0.15) is 70.2 Å². The molecule has 0 fully saturated rings. The fourth-order valence-corrected chi connectivity index (χ4v) is 36.9. The summed E-state index contributed by atoms with van der Waals surface area (Å²) in [6.45, 7) is 14.4. The van der Waals surface area contributed by atoms with Gasteiger partial charge in [0.15, 0.2) is 0 Å². The van der Waals surface area contributed by atoms with Crippen molar-refractivity contribution in [3.05, 3.63) is 208 Å². The molecule has 0 amide bonds. The Morgan fingerprint density at radius 2 is 1.00 bits per heavy atom. The first kappa shape index (κ1) is 43.7. The summed E-state index contributed by atoms with van der Waals surface area (Å²) >= 11 is -5.71. The number of hydrogen-bond donors (Lipinski definition) is 0. The fraction of sp³-hybridized carbons (Fsp3) is 0.169. The first-order valence-corrected chi connectivity index (χ1v) is 31.4.